The van der Waals surface area contributed by atoms with Crippen molar-refractivity contribution in [2.75, 3.05) is 0 Å². The van der Waals surface area contributed by atoms with Crippen LogP contribution in [0.1, 0.15) is 42.4 Å². The van der Waals surface area contributed by atoms with E-state index in [0.29, 0.717) is 5.56 Å². The Morgan fingerprint density at radius 2 is 1.81 bits per heavy atom. The molecule has 3 heteroatoms. The minimum absolute atomic E-state index is 0.163. The number of hydrogen-bond acceptors (Lipinski definition) is 1. The fourth-order valence-electron chi connectivity index (χ4n) is 2.85. The van der Waals surface area contributed by atoms with Gasteiger partial charge in [-0.15, -0.1) is 0 Å². The largest absolute Gasteiger partial charge is 0.321 e. The van der Waals surface area contributed by atoms with Gasteiger partial charge in [-0.1, -0.05) is 28.8 Å². The summed E-state index contributed by atoms with van der Waals surface area (Å²) in [5.74, 6) is -0.163. The number of benzene rings is 1. The normalized spacial score (nSPS) is 19.1. The highest BCUT2D eigenvalue weighted by molar-refractivity contribution is 9.10. The van der Waals surface area contributed by atoms with Gasteiger partial charge in [-0.25, -0.2) is 4.39 Å². The second-order valence-corrected chi connectivity index (χ2v) is 5.68. The average molecular weight is 286 g/mol. The summed E-state index contributed by atoms with van der Waals surface area (Å²) in [4.78, 5) is 0. The van der Waals surface area contributed by atoms with Crippen LogP contribution in [0.4, 0.5) is 4.39 Å². The van der Waals surface area contributed by atoms with E-state index in [2.05, 4.69) is 15.9 Å². The SMILES string of the molecule is Cc1c(F)cc(Br)c(C)c1C1(N)CCCC1. The van der Waals surface area contributed by atoms with E-state index in [4.69, 9.17) is 5.73 Å². The molecule has 1 nitrogen and oxygen atoms in total. The van der Waals surface area contributed by atoms with Gasteiger partial charge >= 0.3 is 0 Å². The zero-order chi connectivity index (χ0) is 11.9. The van der Waals surface area contributed by atoms with Gasteiger partial charge in [-0.05, 0) is 49.4 Å². The summed E-state index contributed by atoms with van der Waals surface area (Å²) in [6.07, 6.45) is 4.21. The van der Waals surface area contributed by atoms with Crippen molar-refractivity contribution in [1.29, 1.82) is 0 Å². The van der Waals surface area contributed by atoms with Gasteiger partial charge in [0.25, 0.3) is 0 Å². The van der Waals surface area contributed by atoms with Gasteiger partial charge in [0.15, 0.2) is 0 Å². The lowest BCUT2D eigenvalue weighted by Crippen LogP contribution is -2.35. The summed E-state index contributed by atoms with van der Waals surface area (Å²) in [7, 11) is 0. The molecular weight excluding hydrogens is 269 g/mol. The van der Waals surface area contributed by atoms with E-state index in [-0.39, 0.29) is 11.4 Å². The van der Waals surface area contributed by atoms with Crippen molar-refractivity contribution in [2.45, 2.75) is 45.1 Å². The molecule has 1 fully saturated rings. The molecule has 0 unspecified atom stereocenters. The first-order valence-electron chi connectivity index (χ1n) is 5.70. The highest BCUT2D eigenvalue weighted by atomic mass is 79.9. The van der Waals surface area contributed by atoms with Crippen LogP contribution in [-0.4, -0.2) is 0 Å². The minimum atomic E-state index is -0.321. The molecular formula is C13H17BrFN. The fraction of sp³-hybridized carbons (Fsp3) is 0.538. The Morgan fingerprint density at radius 1 is 1.25 bits per heavy atom. The van der Waals surface area contributed by atoms with Crippen LogP contribution in [0.2, 0.25) is 0 Å². The predicted octanol–water partition coefficient (Wildman–Crippen LogP) is 3.93. The van der Waals surface area contributed by atoms with Crippen molar-refractivity contribution in [3.8, 4) is 0 Å². The van der Waals surface area contributed by atoms with Crippen LogP contribution in [0.25, 0.3) is 0 Å². The fourth-order valence-corrected chi connectivity index (χ4v) is 3.25. The van der Waals surface area contributed by atoms with Crippen molar-refractivity contribution >= 4 is 15.9 Å². The number of nitrogens with two attached hydrogens (primary N) is 1. The molecule has 88 valence electrons. The Morgan fingerprint density at radius 3 is 2.38 bits per heavy atom. The minimum Gasteiger partial charge on any atom is -0.321 e. The smallest absolute Gasteiger partial charge is 0.127 e. The van der Waals surface area contributed by atoms with E-state index in [1.54, 1.807) is 0 Å². The first-order chi connectivity index (χ1) is 7.46. The van der Waals surface area contributed by atoms with Gasteiger partial charge in [0, 0.05) is 10.0 Å². The second kappa shape index (κ2) is 4.11. The van der Waals surface area contributed by atoms with Crippen LogP contribution >= 0.6 is 15.9 Å². The van der Waals surface area contributed by atoms with Gasteiger partial charge < -0.3 is 5.73 Å². The summed E-state index contributed by atoms with van der Waals surface area (Å²) in [6, 6.07) is 1.53. The Hall–Kier alpha value is -0.410. The molecule has 0 aliphatic heterocycles. The number of halogens is 2. The molecule has 1 aromatic carbocycles. The number of hydrogen-bond donors (Lipinski definition) is 1. The van der Waals surface area contributed by atoms with Crippen LogP contribution in [0.5, 0.6) is 0 Å². The molecule has 0 atom stereocenters. The van der Waals surface area contributed by atoms with Gasteiger partial charge in [0.1, 0.15) is 5.82 Å². The predicted molar refractivity (Wildman–Crippen MR) is 67.9 cm³/mol. The van der Waals surface area contributed by atoms with Crippen molar-refractivity contribution < 1.29 is 4.39 Å². The van der Waals surface area contributed by atoms with Crippen molar-refractivity contribution in [2.24, 2.45) is 5.73 Å². The summed E-state index contributed by atoms with van der Waals surface area (Å²) >= 11 is 3.41. The third-order valence-corrected chi connectivity index (χ3v) is 4.54. The first-order valence-corrected chi connectivity index (χ1v) is 6.49. The average Bonchev–Trinajstić information content (AvgIpc) is 2.63. The molecule has 0 spiro atoms. The quantitative estimate of drug-likeness (QED) is 0.831. The molecule has 0 amide bonds. The summed E-state index contributed by atoms with van der Waals surface area (Å²) in [6.45, 7) is 3.84. The molecule has 0 heterocycles. The monoisotopic (exact) mass is 285 g/mol. The Bertz CT molecular complexity index is 396. The zero-order valence-corrected chi connectivity index (χ0v) is 11.3. The van der Waals surface area contributed by atoms with Crippen LogP contribution in [0, 0.1) is 19.7 Å². The maximum atomic E-state index is 13.8. The highest BCUT2D eigenvalue weighted by Crippen LogP contribution is 2.41. The molecule has 1 aliphatic carbocycles. The molecule has 0 aromatic heterocycles. The van der Waals surface area contributed by atoms with Crippen LogP contribution < -0.4 is 5.73 Å². The maximum Gasteiger partial charge on any atom is 0.127 e. The maximum absolute atomic E-state index is 13.8. The number of rotatable bonds is 1. The topological polar surface area (TPSA) is 26.0 Å². The molecule has 2 rings (SSSR count). The van der Waals surface area contributed by atoms with Crippen LogP contribution in [0.15, 0.2) is 10.5 Å². The van der Waals surface area contributed by atoms with Gasteiger partial charge in [0.05, 0.1) is 0 Å². The lowest BCUT2D eigenvalue weighted by atomic mass is 9.83. The van der Waals surface area contributed by atoms with E-state index < -0.39 is 0 Å². The van der Waals surface area contributed by atoms with Crippen molar-refractivity contribution in [3.05, 3.63) is 33.0 Å². The van der Waals surface area contributed by atoms with Gasteiger partial charge in [0.2, 0.25) is 0 Å². The molecule has 1 aliphatic rings. The molecule has 2 N–H and O–H groups in total. The third kappa shape index (κ3) is 1.80. The van der Waals surface area contributed by atoms with Crippen LogP contribution in [0.3, 0.4) is 0 Å². The van der Waals surface area contributed by atoms with Gasteiger partial charge in [-0.3, -0.25) is 0 Å². The summed E-state index contributed by atoms with van der Waals surface area (Å²) in [5, 5.41) is 0. The molecule has 16 heavy (non-hydrogen) atoms. The zero-order valence-electron chi connectivity index (χ0n) is 9.74. The van der Waals surface area contributed by atoms with E-state index in [1.807, 2.05) is 13.8 Å². The van der Waals surface area contributed by atoms with Gasteiger partial charge in [-0.2, -0.15) is 0 Å². The Balaban J connectivity index is 2.63. The second-order valence-electron chi connectivity index (χ2n) is 4.83. The summed E-state index contributed by atoms with van der Waals surface area (Å²) in [5.41, 5.74) is 8.92. The van der Waals surface area contributed by atoms with E-state index in [0.717, 1.165) is 41.3 Å². The summed E-state index contributed by atoms with van der Waals surface area (Å²) < 4.78 is 14.6. The standard InChI is InChI=1S/C13H17BrFN/c1-8-10(14)7-11(15)9(2)12(8)13(16)5-3-4-6-13/h7H,3-6,16H2,1-2H3. The Kier molecular flexibility index (Phi) is 3.10. The Labute approximate surface area is 104 Å². The van der Waals surface area contributed by atoms with E-state index in [1.165, 1.54) is 6.07 Å². The lowest BCUT2D eigenvalue weighted by Gasteiger charge is -2.29. The van der Waals surface area contributed by atoms with E-state index in [9.17, 15) is 4.39 Å². The first kappa shape index (κ1) is 12.1. The van der Waals surface area contributed by atoms with Crippen molar-refractivity contribution in [1.82, 2.24) is 0 Å². The van der Waals surface area contributed by atoms with Crippen LogP contribution in [-0.2, 0) is 5.54 Å². The third-order valence-electron chi connectivity index (χ3n) is 3.71. The van der Waals surface area contributed by atoms with E-state index >= 15 is 0 Å². The molecule has 0 saturated heterocycles. The molecule has 0 radical (unpaired) electrons. The van der Waals surface area contributed by atoms with Crippen molar-refractivity contribution in [3.63, 3.8) is 0 Å². The molecule has 0 bridgehead atoms. The molecule has 1 saturated carbocycles. The highest BCUT2D eigenvalue weighted by Gasteiger charge is 2.35. The lowest BCUT2D eigenvalue weighted by molar-refractivity contribution is 0.450. The molecule has 1 aromatic rings.